The highest BCUT2D eigenvalue weighted by Gasteiger charge is 2.36. The van der Waals surface area contributed by atoms with Gasteiger partial charge in [0.25, 0.3) is 0 Å². The van der Waals surface area contributed by atoms with E-state index >= 15 is 0 Å². The van der Waals surface area contributed by atoms with Crippen molar-refractivity contribution in [3.63, 3.8) is 0 Å². The molecule has 0 amide bonds. The average Bonchev–Trinajstić information content (AvgIpc) is 2.60. The molecule has 0 aliphatic carbocycles. The maximum absolute atomic E-state index is 13.2. The van der Waals surface area contributed by atoms with Gasteiger partial charge in [0, 0.05) is 26.2 Å². The monoisotopic (exact) mass is 466 g/mol. The van der Waals surface area contributed by atoms with Crippen molar-refractivity contribution in [1.82, 2.24) is 8.61 Å². The summed E-state index contributed by atoms with van der Waals surface area (Å²) in [6.07, 6.45) is -1.04. The molecule has 1 aromatic rings. The van der Waals surface area contributed by atoms with E-state index in [0.29, 0.717) is 0 Å². The normalized spacial score (nSPS) is 30.4. The van der Waals surface area contributed by atoms with E-state index in [-0.39, 0.29) is 65.4 Å². The van der Waals surface area contributed by atoms with Gasteiger partial charge < -0.3 is 9.47 Å². The van der Waals surface area contributed by atoms with Crippen LogP contribution in [-0.2, 0) is 29.5 Å². The van der Waals surface area contributed by atoms with Crippen molar-refractivity contribution in [2.75, 3.05) is 26.2 Å². The van der Waals surface area contributed by atoms with Crippen molar-refractivity contribution in [3.8, 4) is 0 Å². The lowest BCUT2D eigenvalue weighted by molar-refractivity contribution is -0.0441. The Morgan fingerprint density at radius 3 is 1.66 bits per heavy atom. The molecule has 4 atom stereocenters. The molecule has 0 spiro atoms. The number of ether oxygens (including phenoxy) is 2. The predicted octanol–water partition coefficient (Wildman–Crippen LogP) is 1.94. The van der Waals surface area contributed by atoms with Crippen molar-refractivity contribution >= 4 is 31.6 Å². The van der Waals surface area contributed by atoms with Crippen LogP contribution >= 0.6 is 11.6 Å². The lowest BCUT2D eigenvalue weighted by Crippen LogP contribution is -2.48. The van der Waals surface area contributed by atoms with E-state index in [0.717, 1.165) is 6.07 Å². The zero-order valence-corrected chi connectivity index (χ0v) is 19.3. The fraction of sp³-hybridized carbons (Fsp3) is 0.667. The number of morpholine rings is 2. The molecule has 0 N–H and O–H groups in total. The van der Waals surface area contributed by atoms with Crippen molar-refractivity contribution in [3.05, 3.63) is 23.2 Å². The van der Waals surface area contributed by atoms with Crippen molar-refractivity contribution in [1.29, 1.82) is 0 Å². The maximum atomic E-state index is 13.2. The third-order valence-electron chi connectivity index (χ3n) is 4.93. The molecule has 2 aliphatic heterocycles. The summed E-state index contributed by atoms with van der Waals surface area (Å²) >= 11 is 6.19. The van der Waals surface area contributed by atoms with Gasteiger partial charge in [0.15, 0.2) is 0 Å². The van der Waals surface area contributed by atoms with Gasteiger partial charge in [-0.25, -0.2) is 16.8 Å². The molecule has 0 aromatic heterocycles. The highest BCUT2D eigenvalue weighted by Crippen LogP contribution is 2.31. The Balaban J connectivity index is 1.97. The van der Waals surface area contributed by atoms with Crippen molar-refractivity contribution < 1.29 is 26.3 Å². The molecule has 3 rings (SSSR count). The van der Waals surface area contributed by atoms with Crippen LogP contribution in [0.1, 0.15) is 27.7 Å². The molecule has 2 saturated heterocycles. The minimum absolute atomic E-state index is 0.0144. The first-order valence-electron chi connectivity index (χ1n) is 9.52. The second kappa shape index (κ2) is 8.41. The van der Waals surface area contributed by atoms with E-state index in [1.165, 1.54) is 20.7 Å². The minimum Gasteiger partial charge on any atom is -0.373 e. The second-order valence-corrected chi connectivity index (χ2v) is 12.0. The van der Waals surface area contributed by atoms with Gasteiger partial charge in [0.2, 0.25) is 20.0 Å². The highest BCUT2D eigenvalue weighted by molar-refractivity contribution is 7.90. The topological polar surface area (TPSA) is 93.2 Å². The van der Waals surface area contributed by atoms with E-state index < -0.39 is 20.0 Å². The molecule has 2 fully saturated rings. The molecule has 29 heavy (non-hydrogen) atoms. The Morgan fingerprint density at radius 2 is 1.21 bits per heavy atom. The fourth-order valence-corrected chi connectivity index (χ4v) is 7.57. The summed E-state index contributed by atoms with van der Waals surface area (Å²) in [5.74, 6) is 0. The number of rotatable bonds is 4. The molecule has 164 valence electrons. The Labute approximate surface area is 177 Å². The van der Waals surface area contributed by atoms with Crippen LogP contribution in [0.3, 0.4) is 0 Å². The van der Waals surface area contributed by atoms with Crippen LogP contribution in [-0.4, -0.2) is 76.0 Å². The summed E-state index contributed by atoms with van der Waals surface area (Å²) in [5, 5.41) is -0.0144. The van der Waals surface area contributed by atoms with Gasteiger partial charge in [0.1, 0.15) is 4.90 Å². The van der Waals surface area contributed by atoms with Gasteiger partial charge in [-0.3, -0.25) is 0 Å². The number of nitrogens with zero attached hydrogens (tertiary/aromatic N) is 2. The average molecular weight is 467 g/mol. The molecule has 8 nitrogen and oxygen atoms in total. The molecular formula is C18H27ClN2O6S2. The van der Waals surface area contributed by atoms with Gasteiger partial charge in [-0.05, 0) is 45.9 Å². The molecule has 2 heterocycles. The first-order chi connectivity index (χ1) is 13.4. The van der Waals surface area contributed by atoms with Crippen LogP contribution in [0.2, 0.25) is 5.02 Å². The standard InChI is InChI=1S/C18H27ClN2O6S2/c1-12-8-20(9-13(2)26-12)28(22,23)16-5-6-17(19)18(7-16)29(24,25)21-10-14(3)27-15(4)11-21/h5-7,12-15H,8-11H2,1-4H3/t12-,13-,14-,15+/m0/s1. The van der Waals surface area contributed by atoms with Crippen LogP contribution in [0.25, 0.3) is 0 Å². The summed E-state index contributed by atoms with van der Waals surface area (Å²) in [5.41, 5.74) is 0. The Morgan fingerprint density at radius 1 is 0.793 bits per heavy atom. The summed E-state index contributed by atoms with van der Waals surface area (Å²) in [7, 11) is -7.87. The summed E-state index contributed by atoms with van der Waals surface area (Å²) < 4.78 is 66.6. The predicted molar refractivity (Wildman–Crippen MR) is 109 cm³/mol. The van der Waals surface area contributed by atoms with E-state index in [1.54, 1.807) is 27.7 Å². The van der Waals surface area contributed by atoms with Gasteiger partial charge in [-0.1, -0.05) is 11.6 Å². The number of hydrogen-bond donors (Lipinski definition) is 0. The van der Waals surface area contributed by atoms with Gasteiger partial charge in [-0.15, -0.1) is 0 Å². The van der Waals surface area contributed by atoms with E-state index in [4.69, 9.17) is 21.1 Å². The third-order valence-corrected chi connectivity index (χ3v) is 9.07. The van der Waals surface area contributed by atoms with Gasteiger partial charge in [0.05, 0.1) is 34.3 Å². The fourth-order valence-electron chi connectivity index (χ4n) is 3.78. The number of benzene rings is 1. The van der Waals surface area contributed by atoms with E-state index in [1.807, 2.05) is 0 Å². The summed E-state index contributed by atoms with van der Waals surface area (Å²) in [4.78, 5) is -0.313. The number of sulfonamides is 2. The van der Waals surface area contributed by atoms with E-state index in [9.17, 15) is 16.8 Å². The second-order valence-electron chi connectivity index (χ2n) is 7.75. The minimum atomic E-state index is -3.98. The molecule has 0 saturated carbocycles. The lowest BCUT2D eigenvalue weighted by Gasteiger charge is -2.35. The van der Waals surface area contributed by atoms with Crippen LogP contribution in [0, 0.1) is 0 Å². The first-order valence-corrected chi connectivity index (χ1v) is 12.8. The molecule has 1 aromatic carbocycles. The Kier molecular flexibility index (Phi) is 6.65. The molecular weight excluding hydrogens is 440 g/mol. The summed E-state index contributed by atoms with van der Waals surface area (Å²) in [6, 6.07) is 3.82. The van der Waals surface area contributed by atoms with Gasteiger partial charge >= 0.3 is 0 Å². The first kappa shape index (κ1) is 22.9. The van der Waals surface area contributed by atoms with Crippen molar-refractivity contribution in [2.24, 2.45) is 0 Å². The third kappa shape index (κ3) is 4.79. The largest absolute Gasteiger partial charge is 0.373 e. The molecule has 0 bridgehead atoms. The van der Waals surface area contributed by atoms with Crippen LogP contribution in [0.15, 0.2) is 28.0 Å². The Bertz CT molecular complexity index is 949. The smallest absolute Gasteiger partial charge is 0.244 e. The zero-order chi connectivity index (χ0) is 21.6. The summed E-state index contributed by atoms with van der Waals surface area (Å²) in [6.45, 7) is 7.96. The Hall–Kier alpha value is -0.750. The quantitative estimate of drug-likeness (QED) is 0.673. The van der Waals surface area contributed by atoms with Crippen molar-refractivity contribution in [2.45, 2.75) is 61.9 Å². The maximum Gasteiger partial charge on any atom is 0.244 e. The van der Waals surface area contributed by atoms with Crippen LogP contribution in [0.4, 0.5) is 0 Å². The number of hydrogen-bond acceptors (Lipinski definition) is 6. The highest BCUT2D eigenvalue weighted by atomic mass is 35.5. The molecule has 0 unspecified atom stereocenters. The molecule has 0 radical (unpaired) electrons. The van der Waals surface area contributed by atoms with E-state index in [2.05, 4.69) is 0 Å². The number of halogens is 1. The van der Waals surface area contributed by atoms with Crippen LogP contribution < -0.4 is 0 Å². The lowest BCUT2D eigenvalue weighted by atomic mass is 10.3. The van der Waals surface area contributed by atoms with Gasteiger partial charge in [-0.2, -0.15) is 8.61 Å². The zero-order valence-electron chi connectivity index (χ0n) is 16.9. The molecule has 2 aliphatic rings. The van der Waals surface area contributed by atoms with Crippen LogP contribution in [0.5, 0.6) is 0 Å². The SMILES string of the molecule is C[C@@H]1CN(S(=O)(=O)c2cc(S(=O)(=O)N3C[C@H](C)O[C@@H](C)C3)ccc2Cl)C[C@H](C)O1. The molecule has 11 heteroatoms.